The number of hydrogen-bond donors (Lipinski definition) is 0. The quantitative estimate of drug-likeness (QED) is 0.613. The van der Waals surface area contributed by atoms with Gasteiger partial charge in [0.2, 0.25) is 0 Å². The lowest BCUT2D eigenvalue weighted by Crippen LogP contribution is -2.56. The molecule has 0 atom stereocenters. The monoisotopic (exact) mass is 280 g/mol. The molecule has 0 aliphatic carbocycles. The zero-order valence-corrected chi connectivity index (χ0v) is 15.9. The largest absolute Gasteiger partial charge is 0.297 e. The molecule has 0 aromatic heterocycles. The van der Waals surface area contributed by atoms with Crippen LogP contribution in [0.5, 0.6) is 0 Å². The highest BCUT2D eigenvalue weighted by molar-refractivity contribution is 5.90. The van der Waals surface area contributed by atoms with E-state index in [0.29, 0.717) is 0 Å². The first-order chi connectivity index (χ1) is 8.71. The van der Waals surface area contributed by atoms with Gasteiger partial charge in [-0.3, -0.25) is 9.98 Å². The van der Waals surface area contributed by atoms with Crippen LogP contribution in [0.1, 0.15) is 69.2 Å². The summed E-state index contributed by atoms with van der Waals surface area (Å²) in [6.07, 6.45) is 0. The van der Waals surface area contributed by atoms with Gasteiger partial charge in [-0.25, -0.2) is 0 Å². The Kier molecular flexibility index (Phi) is 5.43. The van der Waals surface area contributed by atoms with Crippen molar-refractivity contribution >= 4 is 11.4 Å². The molecule has 0 heterocycles. The van der Waals surface area contributed by atoms with E-state index in [4.69, 9.17) is 0 Å². The van der Waals surface area contributed by atoms with E-state index in [9.17, 15) is 0 Å². The Balaban J connectivity index is 6.07. The Morgan fingerprint density at radius 1 is 0.550 bits per heavy atom. The highest BCUT2D eigenvalue weighted by Gasteiger charge is 2.56. The van der Waals surface area contributed by atoms with E-state index < -0.39 is 0 Å². The maximum absolute atomic E-state index is 4.47. The molecule has 0 unspecified atom stereocenters. The standard InChI is InChI=1S/C18H36N2/c1-13(19-11)15(3,4)17(7,8)18(9,10)16(5,6)14(2)20-12/h1-12H3. The molecule has 0 spiro atoms. The summed E-state index contributed by atoms with van der Waals surface area (Å²) in [4.78, 5) is 8.95. The lowest BCUT2D eigenvalue weighted by atomic mass is 9.45. The summed E-state index contributed by atoms with van der Waals surface area (Å²) in [5.41, 5.74) is 2.60. The fraction of sp³-hybridized carbons (Fsp3) is 0.889. The maximum atomic E-state index is 4.47. The molecule has 0 aromatic rings. The molecule has 118 valence electrons. The third kappa shape index (κ3) is 2.58. The van der Waals surface area contributed by atoms with Crippen LogP contribution in [0.3, 0.4) is 0 Å². The first-order valence-corrected chi connectivity index (χ1v) is 7.59. The third-order valence-electron chi connectivity index (χ3n) is 7.17. The van der Waals surface area contributed by atoms with Gasteiger partial charge in [0, 0.05) is 36.3 Å². The van der Waals surface area contributed by atoms with Crippen LogP contribution < -0.4 is 0 Å². The molecule has 0 fully saturated rings. The fourth-order valence-corrected chi connectivity index (χ4v) is 3.03. The van der Waals surface area contributed by atoms with Gasteiger partial charge in [0.25, 0.3) is 0 Å². The predicted octanol–water partition coefficient (Wildman–Crippen LogP) is 5.27. The van der Waals surface area contributed by atoms with Crippen molar-refractivity contribution in [3.63, 3.8) is 0 Å². The van der Waals surface area contributed by atoms with Gasteiger partial charge in [-0.05, 0) is 24.7 Å². The molecular formula is C18H36N2. The van der Waals surface area contributed by atoms with Gasteiger partial charge in [0.15, 0.2) is 0 Å². The summed E-state index contributed by atoms with van der Waals surface area (Å²) >= 11 is 0. The van der Waals surface area contributed by atoms with Crippen molar-refractivity contribution in [3.8, 4) is 0 Å². The molecular weight excluding hydrogens is 244 g/mol. The van der Waals surface area contributed by atoms with Crippen molar-refractivity contribution in [2.45, 2.75) is 69.2 Å². The molecule has 0 saturated carbocycles. The Labute approximate surface area is 127 Å². The number of hydrogen-bond acceptors (Lipinski definition) is 2. The minimum absolute atomic E-state index is 0.0243. The topological polar surface area (TPSA) is 24.7 Å². The van der Waals surface area contributed by atoms with E-state index in [0.717, 1.165) is 0 Å². The van der Waals surface area contributed by atoms with Crippen molar-refractivity contribution < 1.29 is 0 Å². The van der Waals surface area contributed by atoms with E-state index in [1.54, 1.807) is 0 Å². The van der Waals surface area contributed by atoms with E-state index in [-0.39, 0.29) is 21.7 Å². The van der Waals surface area contributed by atoms with Crippen LogP contribution >= 0.6 is 0 Å². The summed E-state index contributed by atoms with van der Waals surface area (Å²) in [5, 5.41) is 0. The maximum Gasteiger partial charge on any atom is 0.0276 e. The lowest BCUT2D eigenvalue weighted by Gasteiger charge is -2.58. The summed E-state index contributed by atoms with van der Waals surface area (Å²) in [7, 11) is 3.79. The van der Waals surface area contributed by atoms with Crippen LogP contribution in [0, 0.1) is 21.7 Å². The molecule has 2 nitrogen and oxygen atoms in total. The lowest BCUT2D eigenvalue weighted by molar-refractivity contribution is -0.0376. The average molecular weight is 280 g/mol. The van der Waals surface area contributed by atoms with E-state index in [2.05, 4.69) is 79.2 Å². The molecule has 0 rings (SSSR count). The van der Waals surface area contributed by atoms with Crippen molar-refractivity contribution in [1.29, 1.82) is 0 Å². The van der Waals surface area contributed by atoms with Gasteiger partial charge in [0.05, 0.1) is 0 Å². The van der Waals surface area contributed by atoms with Crippen LogP contribution in [0.4, 0.5) is 0 Å². The fourth-order valence-electron chi connectivity index (χ4n) is 3.03. The van der Waals surface area contributed by atoms with E-state index in [1.165, 1.54) is 11.4 Å². The Bertz CT molecular complexity index is 367. The van der Waals surface area contributed by atoms with Gasteiger partial charge in [-0.1, -0.05) is 55.4 Å². The normalized spacial score (nSPS) is 16.6. The first-order valence-electron chi connectivity index (χ1n) is 7.59. The number of rotatable bonds is 5. The smallest absolute Gasteiger partial charge is 0.0276 e. The zero-order valence-electron chi connectivity index (χ0n) is 15.9. The third-order valence-corrected chi connectivity index (χ3v) is 7.17. The summed E-state index contributed by atoms with van der Waals surface area (Å²) in [6, 6.07) is 0. The second kappa shape index (κ2) is 5.61. The predicted molar refractivity (Wildman–Crippen MR) is 93.2 cm³/mol. The van der Waals surface area contributed by atoms with Crippen LogP contribution in [0.15, 0.2) is 9.98 Å². The van der Waals surface area contributed by atoms with Crippen molar-refractivity contribution in [3.05, 3.63) is 0 Å². The second-order valence-electron chi connectivity index (χ2n) is 8.12. The first kappa shape index (κ1) is 19.3. The number of aliphatic imine (C=N–C) groups is 2. The zero-order chi connectivity index (χ0) is 16.6. The molecule has 2 heteroatoms. The molecule has 0 amide bonds. The minimum atomic E-state index is 0.0243. The van der Waals surface area contributed by atoms with Gasteiger partial charge in [-0.15, -0.1) is 0 Å². The molecule has 0 radical (unpaired) electrons. The average Bonchev–Trinajstić information content (AvgIpc) is 2.35. The van der Waals surface area contributed by atoms with Crippen molar-refractivity contribution in [1.82, 2.24) is 0 Å². The van der Waals surface area contributed by atoms with Crippen LogP contribution in [0.25, 0.3) is 0 Å². The molecule has 0 N–H and O–H groups in total. The molecule has 0 aliphatic heterocycles. The summed E-state index contributed by atoms with van der Waals surface area (Å²) < 4.78 is 0. The van der Waals surface area contributed by atoms with E-state index in [1.807, 2.05) is 14.1 Å². The van der Waals surface area contributed by atoms with Crippen molar-refractivity contribution in [2.75, 3.05) is 14.1 Å². The molecule has 0 bridgehead atoms. The molecule has 0 aliphatic rings. The Morgan fingerprint density at radius 2 is 0.750 bits per heavy atom. The number of nitrogens with zero attached hydrogens (tertiary/aromatic N) is 2. The molecule has 0 aromatic carbocycles. The SMILES string of the molecule is CN=C(C)C(C)(C)C(C)(C)C(C)(C)C(C)(C)C(C)=NC. The molecule has 20 heavy (non-hydrogen) atoms. The van der Waals surface area contributed by atoms with Gasteiger partial charge in [-0.2, -0.15) is 0 Å². The highest BCUT2D eigenvalue weighted by Crippen LogP contribution is 2.59. The van der Waals surface area contributed by atoms with Crippen LogP contribution in [-0.4, -0.2) is 25.5 Å². The molecule has 0 saturated heterocycles. The van der Waals surface area contributed by atoms with Crippen LogP contribution in [0.2, 0.25) is 0 Å². The Hall–Kier alpha value is -0.660. The van der Waals surface area contributed by atoms with Gasteiger partial charge < -0.3 is 0 Å². The Morgan fingerprint density at radius 3 is 0.900 bits per heavy atom. The van der Waals surface area contributed by atoms with Crippen molar-refractivity contribution in [2.24, 2.45) is 31.6 Å². The van der Waals surface area contributed by atoms with Crippen LogP contribution in [-0.2, 0) is 0 Å². The minimum Gasteiger partial charge on any atom is -0.297 e. The van der Waals surface area contributed by atoms with E-state index >= 15 is 0 Å². The summed E-state index contributed by atoms with van der Waals surface area (Å²) in [6.45, 7) is 23.0. The highest BCUT2D eigenvalue weighted by atomic mass is 14.8. The second-order valence-corrected chi connectivity index (χ2v) is 8.12. The van der Waals surface area contributed by atoms with Gasteiger partial charge >= 0.3 is 0 Å². The summed E-state index contributed by atoms with van der Waals surface area (Å²) in [5.74, 6) is 0. The van der Waals surface area contributed by atoms with Gasteiger partial charge in [0.1, 0.15) is 0 Å².